The van der Waals surface area contributed by atoms with Crippen LogP contribution < -0.4 is 11.1 Å². The van der Waals surface area contributed by atoms with Gasteiger partial charge in [-0.15, -0.1) is 0 Å². The summed E-state index contributed by atoms with van der Waals surface area (Å²) in [5.74, 6) is 0. The van der Waals surface area contributed by atoms with E-state index in [4.69, 9.17) is 10.7 Å². The number of rotatable bonds is 9. The van der Waals surface area contributed by atoms with Gasteiger partial charge in [-0.25, -0.2) is 0 Å². The van der Waals surface area contributed by atoms with Crippen molar-refractivity contribution in [1.29, 1.82) is 0 Å². The molecule has 0 aliphatic heterocycles. The van der Waals surface area contributed by atoms with E-state index >= 15 is 0 Å². The van der Waals surface area contributed by atoms with Gasteiger partial charge in [0, 0.05) is 39.1 Å². The van der Waals surface area contributed by atoms with E-state index in [2.05, 4.69) is 166 Å². The van der Waals surface area contributed by atoms with Gasteiger partial charge >= 0.3 is 0 Å². The predicted octanol–water partition coefficient (Wildman–Crippen LogP) is 11.9. The fraction of sp³-hybridized carbons (Fsp3) is 0.0392. The van der Waals surface area contributed by atoms with Gasteiger partial charge in [-0.2, -0.15) is 0 Å². The summed E-state index contributed by atoms with van der Waals surface area (Å²) >= 11 is 0. The molecule has 0 spiro atoms. The lowest BCUT2D eigenvalue weighted by Gasteiger charge is -2.22. The number of aromatic nitrogens is 2. The van der Waals surface area contributed by atoms with Crippen LogP contribution >= 0.6 is 0 Å². The number of nitrogens with zero attached hydrogens (tertiary/aromatic N) is 3. The molecule has 0 aliphatic rings. The third-order valence-electron chi connectivity index (χ3n) is 10.8. The molecule has 5 heteroatoms. The zero-order chi connectivity index (χ0) is 37.4. The van der Waals surface area contributed by atoms with Crippen molar-refractivity contribution in [3.8, 4) is 22.5 Å². The van der Waals surface area contributed by atoms with Crippen LogP contribution in [0.2, 0.25) is 0 Å². The Kier molecular flexibility index (Phi) is 8.56. The van der Waals surface area contributed by atoms with E-state index in [9.17, 15) is 0 Å². The summed E-state index contributed by atoms with van der Waals surface area (Å²) in [6.07, 6.45) is 1.11. The van der Waals surface area contributed by atoms with E-state index in [0.717, 1.165) is 44.6 Å². The minimum atomic E-state index is -0.415. The maximum absolute atomic E-state index is 6.78. The summed E-state index contributed by atoms with van der Waals surface area (Å²) in [6, 6.07) is 70.7. The summed E-state index contributed by atoms with van der Waals surface area (Å²) < 4.78 is 4.81. The molecule has 2 atom stereocenters. The molecule has 0 radical (unpaired) electrons. The molecule has 2 heterocycles. The molecule has 0 saturated heterocycles. The van der Waals surface area contributed by atoms with Crippen LogP contribution in [0.1, 0.15) is 29.0 Å². The number of benzene rings is 8. The maximum atomic E-state index is 6.78. The van der Waals surface area contributed by atoms with Crippen molar-refractivity contribution in [1.82, 2.24) is 14.5 Å². The lowest BCUT2D eigenvalue weighted by Crippen LogP contribution is -2.31. The summed E-state index contributed by atoms with van der Waals surface area (Å²) in [7, 11) is 0. The topological polar surface area (TPSA) is 60.3 Å². The van der Waals surface area contributed by atoms with Gasteiger partial charge in [0.15, 0.2) is 0 Å². The molecule has 0 amide bonds. The van der Waals surface area contributed by atoms with Crippen molar-refractivity contribution in [2.24, 2.45) is 10.7 Å². The highest BCUT2D eigenvalue weighted by molar-refractivity contribution is 6.19. The van der Waals surface area contributed by atoms with Crippen LogP contribution in [0, 0.1) is 0 Å². The number of nitrogens with one attached hydrogen (secondary N) is 1. The number of hydrogen-bond acceptors (Lipinski definition) is 3. The third-order valence-corrected chi connectivity index (χ3v) is 10.8. The second kappa shape index (κ2) is 14.3. The zero-order valence-electron chi connectivity index (χ0n) is 30.7. The second-order valence-electron chi connectivity index (χ2n) is 14.2. The predicted molar refractivity (Wildman–Crippen MR) is 234 cm³/mol. The van der Waals surface area contributed by atoms with Gasteiger partial charge in [0.05, 0.1) is 28.2 Å². The van der Waals surface area contributed by atoms with Crippen molar-refractivity contribution in [2.45, 2.75) is 12.3 Å². The van der Waals surface area contributed by atoms with Crippen LogP contribution in [0.3, 0.4) is 0 Å². The molecular weight excluding hydrogens is 683 g/mol. The van der Waals surface area contributed by atoms with Crippen LogP contribution in [0.25, 0.3) is 66.1 Å². The minimum absolute atomic E-state index is 0.399. The summed E-state index contributed by atoms with van der Waals surface area (Å²) in [6.45, 7) is 0. The van der Waals surface area contributed by atoms with E-state index in [1.54, 1.807) is 0 Å². The Labute approximate surface area is 325 Å². The molecule has 3 N–H and O–H groups in total. The first-order valence-corrected chi connectivity index (χ1v) is 19.1. The number of hydrogen-bond donors (Lipinski definition) is 2. The van der Waals surface area contributed by atoms with Gasteiger partial charge in [-0.05, 0) is 76.3 Å². The molecular formula is C51H39N5. The van der Waals surface area contributed by atoms with E-state index in [1.807, 2.05) is 54.7 Å². The van der Waals surface area contributed by atoms with Gasteiger partial charge in [-0.3, -0.25) is 10.3 Å². The largest absolute Gasteiger partial charge is 0.312 e. The van der Waals surface area contributed by atoms with E-state index in [0.29, 0.717) is 0 Å². The van der Waals surface area contributed by atoms with Crippen molar-refractivity contribution in [3.05, 3.63) is 217 Å². The molecule has 10 aromatic rings. The second-order valence-corrected chi connectivity index (χ2v) is 14.2. The van der Waals surface area contributed by atoms with E-state index in [-0.39, 0.29) is 0 Å². The van der Waals surface area contributed by atoms with Crippen LogP contribution in [0.5, 0.6) is 0 Å². The van der Waals surface area contributed by atoms with Gasteiger partial charge in [0.1, 0.15) is 6.17 Å². The highest BCUT2D eigenvalue weighted by Crippen LogP contribution is 2.40. The number of aliphatic imine (C=N–C) groups is 1. The van der Waals surface area contributed by atoms with Crippen LogP contribution in [0.15, 0.2) is 205 Å². The van der Waals surface area contributed by atoms with Gasteiger partial charge in [0.25, 0.3) is 0 Å². The van der Waals surface area contributed by atoms with Crippen LogP contribution in [-0.2, 0) is 0 Å². The molecule has 0 bridgehead atoms. The zero-order valence-corrected chi connectivity index (χ0v) is 30.7. The molecule has 0 saturated carbocycles. The van der Waals surface area contributed by atoms with Gasteiger partial charge in [0.2, 0.25) is 0 Å². The standard InChI is InChI=1S/C51H39N5/c52-50(37-20-8-3-9-21-37)54-51(53-34-35-16-4-1-5-17-35)39-23-15-25-41(31-39)56-47-29-13-11-27-43(47)45-32-44-42-26-10-12-28-46(42)55(48(44)33-49(45)56)40-24-14-22-38(30-40)36-18-6-2-7-19-36/h1-34,50-51,54H,52H2. The first kappa shape index (κ1) is 33.5. The summed E-state index contributed by atoms with van der Waals surface area (Å²) in [5.41, 5.74) is 19.0. The Morgan fingerprint density at radius 1 is 0.429 bits per heavy atom. The normalized spacial score (nSPS) is 12.9. The molecule has 2 unspecified atom stereocenters. The number of nitrogens with two attached hydrogens (primary N) is 1. The average molecular weight is 722 g/mol. The summed E-state index contributed by atoms with van der Waals surface area (Å²) in [5, 5.41) is 8.49. The van der Waals surface area contributed by atoms with Crippen LogP contribution in [0.4, 0.5) is 0 Å². The number of fused-ring (bicyclic) bond motifs is 6. The molecule has 8 aromatic carbocycles. The Balaban J connectivity index is 1.16. The Morgan fingerprint density at radius 2 is 0.946 bits per heavy atom. The quantitative estimate of drug-likeness (QED) is 0.115. The number of para-hydroxylation sites is 2. The summed E-state index contributed by atoms with van der Waals surface area (Å²) in [4.78, 5) is 5.09. The first-order chi connectivity index (χ1) is 27.7. The van der Waals surface area contributed by atoms with Crippen LogP contribution in [-0.4, -0.2) is 15.3 Å². The Morgan fingerprint density at radius 3 is 1.61 bits per heavy atom. The molecule has 2 aromatic heterocycles. The fourth-order valence-corrected chi connectivity index (χ4v) is 8.13. The van der Waals surface area contributed by atoms with Gasteiger partial charge in [-0.1, -0.05) is 152 Å². The minimum Gasteiger partial charge on any atom is -0.312 e. The highest BCUT2D eigenvalue weighted by Gasteiger charge is 2.20. The first-order valence-electron chi connectivity index (χ1n) is 19.1. The highest BCUT2D eigenvalue weighted by atomic mass is 15.1. The lowest BCUT2D eigenvalue weighted by atomic mass is 10.1. The van der Waals surface area contributed by atoms with Crippen molar-refractivity contribution in [2.75, 3.05) is 0 Å². The average Bonchev–Trinajstić information content (AvgIpc) is 3.77. The molecule has 5 nitrogen and oxygen atoms in total. The SMILES string of the molecule is NC(NC(N=Cc1ccccc1)c1cccc(-n2c3ccccc3c3cc4c5ccccc5n(-c5cccc(-c6ccccc6)c5)c4cc32)c1)c1ccccc1. The van der Waals surface area contributed by atoms with Crippen molar-refractivity contribution in [3.63, 3.8) is 0 Å². The van der Waals surface area contributed by atoms with E-state index in [1.165, 1.54) is 38.2 Å². The molecule has 0 fully saturated rings. The third kappa shape index (κ3) is 6.06. The molecule has 56 heavy (non-hydrogen) atoms. The Hall–Kier alpha value is -7.05. The fourth-order valence-electron chi connectivity index (χ4n) is 8.13. The Bertz CT molecular complexity index is 3020. The maximum Gasteiger partial charge on any atom is 0.127 e. The monoisotopic (exact) mass is 721 g/mol. The molecule has 268 valence electrons. The molecule has 0 aliphatic carbocycles. The van der Waals surface area contributed by atoms with Crippen molar-refractivity contribution >= 4 is 49.8 Å². The lowest BCUT2D eigenvalue weighted by molar-refractivity contribution is 0.467. The van der Waals surface area contributed by atoms with E-state index < -0.39 is 12.3 Å². The molecule has 10 rings (SSSR count). The van der Waals surface area contributed by atoms with Gasteiger partial charge < -0.3 is 14.9 Å². The smallest absolute Gasteiger partial charge is 0.127 e. The van der Waals surface area contributed by atoms with Crippen molar-refractivity contribution < 1.29 is 0 Å².